The maximum absolute atomic E-state index is 5.92. The highest BCUT2D eigenvalue weighted by Gasteiger charge is 2.19. The molecule has 0 bridgehead atoms. The first-order valence-corrected chi connectivity index (χ1v) is 6.25. The van der Waals surface area contributed by atoms with Gasteiger partial charge in [0.15, 0.2) is 0 Å². The molecule has 0 atom stereocenters. The smallest absolute Gasteiger partial charge is 0.187 e. The summed E-state index contributed by atoms with van der Waals surface area (Å²) in [7, 11) is 0. The highest BCUT2D eigenvalue weighted by Crippen LogP contribution is 2.25. The van der Waals surface area contributed by atoms with Gasteiger partial charge in [0, 0.05) is 0 Å². The van der Waals surface area contributed by atoms with Gasteiger partial charge in [0.2, 0.25) is 0 Å². The molecule has 92 valence electrons. The predicted molar refractivity (Wildman–Crippen MR) is 76.5 cm³/mol. The Morgan fingerprint density at radius 3 is 2.00 bits per heavy atom. The van der Waals surface area contributed by atoms with E-state index in [2.05, 4.69) is 4.98 Å². The maximum atomic E-state index is 5.92. The monoisotopic (exact) mass is 248 g/mol. The summed E-state index contributed by atoms with van der Waals surface area (Å²) in [6, 6.07) is 22.0. The summed E-state index contributed by atoms with van der Waals surface area (Å²) in [5, 5.41) is 0. The second kappa shape index (κ2) is 5.02. The van der Waals surface area contributed by atoms with Gasteiger partial charge in [-0.15, -0.1) is 0 Å². The first-order valence-electron chi connectivity index (χ1n) is 6.25. The normalized spacial score (nSPS) is 10.4. The van der Waals surface area contributed by atoms with Crippen LogP contribution in [0.5, 0.6) is 0 Å². The third kappa shape index (κ3) is 2.52. The fourth-order valence-electron chi connectivity index (χ4n) is 1.99. The van der Waals surface area contributed by atoms with Crippen LogP contribution in [0.25, 0.3) is 22.8 Å². The average molecular weight is 248 g/mol. The van der Waals surface area contributed by atoms with Crippen molar-refractivity contribution in [2.45, 2.75) is 6.92 Å². The number of rotatable bonds is 2. The van der Waals surface area contributed by atoms with Crippen LogP contribution in [0.4, 0.5) is 0 Å². The number of aryl methyl sites for hydroxylation is 1. The molecule has 0 saturated heterocycles. The molecule has 3 aromatic rings. The van der Waals surface area contributed by atoms with Crippen LogP contribution in [0.15, 0.2) is 71.1 Å². The van der Waals surface area contributed by atoms with E-state index in [0.717, 1.165) is 22.6 Å². The van der Waals surface area contributed by atoms with Crippen LogP contribution in [-0.4, -0.2) is 4.98 Å². The minimum absolute atomic E-state index is 0.652. The Bertz CT molecular complexity index is 620. The van der Waals surface area contributed by atoms with E-state index < -0.39 is 0 Å². The highest BCUT2D eigenvalue weighted by molar-refractivity contribution is 5.60. The molecule has 2 nitrogen and oxygen atoms in total. The lowest BCUT2D eigenvalue weighted by Gasteiger charge is -1.95. The standard InChI is InChI=1S/C17H14NO/c1-13-12-16(14-8-4-2-5-9-14)19-17(18-13)15-10-6-3-7-11-15/h2-12H,1H3/q+1. The molecular weight excluding hydrogens is 234 g/mol. The molecule has 3 rings (SSSR count). The summed E-state index contributed by atoms with van der Waals surface area (Å²) >= 11 is 0. The van der Waals surface area contributed by atoms with E-state index in [4.69, 9.17) is 4.42 Å². The molecule has 0 N–H and O–H groups in total. The number of hydrogen-bond acceptors (Lipinski definition) is 1. The van der Waals surface area contributed by atoms with Crippen molar-refractivity contribution >= 4 is 0 Å². The lowest BCUT2D eigenvalue weighted by Crippen LogP contribution is -1.89. The van der Waals surface area contributed by atoms with E-state index in [1.165, 1.54) is 0 Å². The Morgan fingerprint density at radius 2 is 1.37 bits per heavy atom. The molecule has 0 spiro atoms. The summed E-state index contributed by atoms with van der Waals surface area (Å²) in [4.78, 5) is 4.46. The van der Waals surface area contributed by atoms with E-state index in [9.17, 15) is 0 Å². The Labute approximate surface area is 112 Å². The predicted octanol–water partition coefficient (Wildman–Crippen LogP) is 4.60. The number of hydrogen-bond donors (Lipinski definition) is 0. The quantitative estimate of drug-likeness (QED) is 0.619. The Kier molecular flexibility index (Phi) is 3.07. The van der Waals surface area contributed by atoms with Crippen LogP contribution in [0.1, 0.15) is 5.69 Å². The van der Waals surface area contributed by atoms with E-state index in [-0.39, 0.29) is 0 Å². The molecule has 2 heteroatoms. The number of benzene rings is 2. The summed E-state index contributed by atoms with van der Waals surface area (Å²) in [5.41, 5.74) is 3.00. The SMILES string of the molecule is Cc1cc(-c2ccccc2)[o+]c(-c2ccccc2)n1. The van der Waals surface area contributed by atoms with Crippen molar-refractivity contribution in [2.24, 2.45) is 0 Å². The largest absolute Gasteiger partial charge is 0.460 e. The van der Waals surface area contributed by atoms with Gasteiger partial charge in [-0.1, -0.05) is 36.4 Å². The van der Waals surface area contributed by atoms with Gasteiger partial charge in [0.1, 0.15) is 5.56 Å². The van der Waals surface area contributed by atoms with E-state index in [1.54, 1.807) is 0 Å². The topological polar surface area (TPSA) is 24.2 Å². The van der Waals surface area contributed by atoms with Crippen molar-refractivity contribution in [3.63, 3.8) is 0 Å². The molecule has 0 amide bonds. The third-order valence-electron chi connectivity index (χ3n) is 2.90. The van der Waals surface area contributed by atoms with E-state index in [1.807, 2.05) is 73.7 Å². The van der Waals surface area contributed by atoms with Gasteiger partial charge < -0.3 is 0 Å². The molecule has 0 radical (unpaired) electrons. The Morgan fingerprint density at radius 1 is 0.789 bits per heavy atom. The Hall–Kier alpha value is -2.48. The molecule has 0 aliphatic heterocycles. The van der Waals surface area contributed by atoms with Crippen LogP contribution in [0.3, 0.4) is 0 Å². The summed E-state index contributed by atoms with van der Waals surface area (Å²) in [6.07, 6.45) is 0. The van der Waals surface area contributed by atoms with Gasteiger partial charge in [-0.05, 0) is 31.2 Å². The first-order chi connectivity index (χ1) is 9.33. The zero-order valence-corrected chi connectivity index (χ0v) is 10.7. The van der Waals surface area contributed by atoms with Crippen LogP contribution in [-0.2, 0) is 0 Å². The zero-order valence-electron chi connectivity index (χ0n) is 10.7. The van der Waals surface area contributed by atoms with Gasteiger partial charge in [-0.2, -0.15) is 9.40 Å². The lowest BCUT2D eigenvalue weighted by molar-refractivity contribution is 0.558. The summed E-state index contributed by atoms with van der Waals surface area (Å²) < 4.78 is 5.92. The van der Waals surface area contributed by atoms with Crippen molar-refractivity contribution in [3.8, 4) is 22.8 Å². The first kappa shape index (κ1) is 11.6. The minimum Gasteiger partial charge on any atom is -0.187 e. The van der Waals surface area contributed by atoms with Crippen LogP contribution in [0.2, 0.25) is 0 Å². The molecule has 0 unspecified atom stereocenters. The summed E-state index contributed by atoms with van der Waals surface area (Å²) in [6.45, 7) is 1.98. The maximum Gasteiger partial charge on any atom is 0.460 e. The van der Waals surface area contributed by atoms with Crippen LogP contribution < -0.4 is 0 Å². The lowest BCUT2D eigenvalue weighted by atomic mass is 10.1. The Balaban J connectivity index is 2.12. The van der Waals surface area contributed by atoms with Gasteiger partial charge >= 0.3 is 11.7 Å². The molecule has 0 aliphatic carbocycles. The fourth-order valence-corrected chi connectivity index (χ4v) is 1.99. The van der Waals surface area contributed by atoms with Crippen molar-refractivity contribution in [1.82, 2.24) is 4.98 Å². The van der Waals surface area contributed by atoms with E-state index >= 15 is 0 Å². The second-order valence-electron chi connectivity index (χ2n) is 4.40. The van der Waals surface area contributed by atoms with Crippen LogP contribution in [0, 0.1) is 6.92 Å². The molecule has 0 saturated carbocycles. The molecular formula is C17H14NO+. The third-order valence-corrected chi connectivity index (χ3v) is 2.90. The van der Waals surface area contributed by atoms with Gasteiger partial charge in [0.25, 0.3) is 0 Å². The summed E-state index contributed by atoms with van der Waals surface area (Å²) in [5.74, 6) is 1.49. The number of aromatic nitrogens is 1. The molecule has 1 aromatic heterocycles. The van der Waals surface area contributed by atoms with Crippen molar-refractivity contribution < 1.29 is 4.42 Å². The van der Waals surface area contributed by atoms with Gasteiger partial charge in [-0.3, -0.25) is 0 Å². The zero-order chi connectivity index (χ0) is 13.1. The molecule has 19 heavy (non-hydrogen) atoms. The molecule has 1 heterocycles. The van der Waals surface area contributed by atoms with Crippen molar-refractivity contribution in [2.75, 3.05) is 0 Å². The van der Waals surface area contributed by atoms with Crippen LogP contribution >= 0.6 is 0 Å². The van der Waals surface area contributed by atoms with Gasteiger partial charge in [0.05, 0.1) is 17.3 Å². The second-order valence-corrected chi connectivity index (χ2v) is 4.40. The number of nitrogens with zero attached hydrogens (tertiary/aromatic N) is 1. The molecule has 0 aliphatic rings. The minimum atomic E-state index is 0.652. The van der Waals surface area contributed by atoms with Gasteiger partial charge in [-0.25, -0.2) is 0 Å². The average Bonchev–Trinajstić information content (AvgIpc) is 2.48. The fraction of sp³-hybridized carbons (Fsp3) is 0.0588. The molecule has 2 aromatic carbocycles. The molecule has 0 fully saturated rings. The highest BCUT2D eigenvalue weighted by atomic mass is 16.3. The van der Waals surface area contributed by atoms with Crippen molar-refractivity contribution in [3.05, 3.63) is 72.4 Å². The van der Waals surface area contributed by atoms with Crippen molar-refractivity contribution in [1.29, 1.82) is 0 Å². The van der Waals surface area contributed by atoms with E-state index in [0.29, 0.717) is 5.89 Å².